The summed E-state index contributed by atoms with van der Waals surface area (Å²) in [4.78, 5) is 25.0. The van der Waals surface area contributed by atoms with Gasteiger partial charge in [-0.25, -0.2) is 4.79 Å². The van der Waals surface area contributed by atoms with Gasteiger partial charge in [-0.3, -0.25) is 4.79 Å². The molecule has 108 valence electrons. The highest BCUT2D eigenvalue weighted by Gasteiger charge is 2.42. The van der Waals surface area contributed by atoms with Crippen LogP contribution in [-0.4, -0.2) is 40.6 Å². The van der Waals surface area contributed by atoms with Crippen molar-refractivity contribution < 1.29 is 14.7 Å². The molecule has 0 saturated heterocycles. The van der Waals surface area contributed by atoms with E-state index < -0.39 is 11.5 Å². The van der Waals surface area contributed by atoms with Crippen LogP contribution in [0.3, 0.4) is 0 Å². The normalized spacial score (nSPS) is 28.5. The Morgan fingerprint density at radius 2 is 1.89 bits per heavy atom. The maximum atomic E-state index is 12.2. The molecule has 2 aliphatic rings. The molecule has 0 aromatic heterocycles. The van der Waals surface area contributed by atoms with Gasteiger partial charge in [-0.1, -0.05) is 26.2 Å². The molecule has 2 saturated carbocycles. The Balaban J connectivity index is 2.03. The molecule has 2 N–H and O–H groups in total. The predicted octanol–water partition coefficient (Wildman–Crippen LogP) is 2.21. The van der Waals surface area contributed by atoms with E-state index >= 15 is 0 Å². The number of carboxylic acid groups (broad SMARTS) is 1. The Bertz CT molecular complexity index is 364. The molecule has 0 radical (unpaired) electrons. The molecular weight excluding hydrogens is 244 g/mol. The van der Waals surface area contributed by atoms with Gasteiger partial charge in [0.05, 0.1) is 12.0 Å². The first-order valence-corrected chi connectivity index (χ1v) is 7.21. The van der Waals surface area contributed by atoms with Crippen LogP contribution in [0.15, 0.2) is 0 Å². The van der Waals surface area contributed by atoms with Crippen molar-refractivity contribution in [3.63, 3.8) is 0 Å². The van der Waals surface area contributed by atoms with Gasteiger partial charge < -0.3 is 15.3 Å². The minimum atomic E-state index is -0.818. The van der Waals surface area contributed by atoms with Gasteiger partial charge in [0.2, 0.25) is 0 Å². The molecule has 2 unspecified atom stereocenters. The van der Waals surface area contributed by atoms with E-state index in [9.17, 15) is 9.59 Å². The molecule has 2 rings (SSSR count). The van der Waals surface area contributed by atoms with E-state index in [1.54, 1.807) is 11.9 Å². The summed E-state index contributed by atoms with van der Waals surface area (Å²) >= 11 is 0. The number of hydrogen-bond donors (Lipinski definition) is 2. The van der Waals surface area contributed by atoms with Crippen molar-refractivity contribution in [1.29, 1.82) is 0 Å². The lowest BCUT2D eigenvalue weighted by Crippen LogP contribution is -2.55. The third-order valence-electron chi connectivity index (χ3n) is 4.70. The maximum Gasteiger partial charge on any atom is 0.317 e. The van der Waals surface area contributed by atoms with E-state index in [-0.39, 0.29) is 18.5 Å². The van der Waals surface area contributed by atoms with E-state index in [0.29, 0.717) is 5.92 Å². The Kier molecular flexibility index (Phi) is 4.02. The van der Waals surface area contributed by atoms with Crippen molar-refractivity contribution in [3.8, 4) is 0 Å². The number of urea groups is 1. The quantitative estimate of drug-likeness (QED) is 0.821. The zero-order chi connectivity index (χ0) is 14.0. The van der Waals surface area contributed by atoms with Crippen molar-refractivity contribution in [1.82, 2.24) is 10.2 Å². The average Bonchev–Trinajstić information content (AvgIpc) is 3.04. The van der Waals surface area contributed by atoms with E-state index in [1.165, 1.54) is 0 Å². The van der Waals surface area contributed by atoms with Crippen LogP contribution in [-0.2, 0) is 4.79 Å². The third kappa shape index (κ3) is 3.19. The smallest absolute Gasteiger partial charge is 0.317 e. The molecule has 0 aromatic rings. The molecule has 0 bridgehead atoms. The van der Waals surface area contributed by atoms with Crippen LogP contribution in [0.2, 0.25) is 0 Å². The van der Waals surface area contributed by atoms with Crippen LogP contribution in [0.25, 0.3) is 0 Å². The second-order valence-electron chi connectivity index (χ2n) is 6.18. The van der Waals surface area contributed by atoms with Gasteiger partial charge in [0.15, 0.2) is 0 Å². The van der Waals surface area contributed by atoms with Crippen LogP contribution in [0, 0.1) is 5.92 Å². The van der Waals surface area contributed by atoms with Gasteiger partial charge in [0.25, 0.3) is 0 Å². The molecule has 5 heteroatoms. The fourth-order valence-corrected chi connectivity index (χ4v) is 3.12. The molecule has 0 spiro atoms. The third-order valence-corrected chi connectivity index (χ3v) is 4.70. The van der Waals surface area contributed by atoms with Crippen LogP contribution < -0.4 is 5.32 Å². The first kappa shape index (κ1) is 14.2. The Morgan fingerprint density at radius 1 is 1.32 bits per heavy atom. The molecule has 2 amide bonds. The molecule has 2 fully saturated rings. The number of carbonyl (C=O) groups is 2. The molecule has 0 heterocycles. The van der Waals surface area contributed by atoms with Crippen molar-refractivity contribution in [2.75, 3.05) is 7.05 Å². The van der Waals surface area contributed by atoms with E-state index in [2.05, 4.69) is 12.2 Å². The highest BCUT2D eigenvalue weighted by atomic mass is 16.4. The number of hydrogen-bond acceptors (Lipinski definition) is 2. The fourth-order valence-electron chi connectivity index (χ4n) is 3.12. The minimum Gasteiger partial charge on any atom is -0.481 e. The zero-order valence-electron chi connectivity index (χ0n) is 11.8. The number of nitrogens with zero attached hydrogens (tertiary/aromatic N) is 1. The monoisotopic (exact) mass is 268 g/mol. The maximum absolute atomic E-state index is 12.2. The summed E-state index contributed by atoms with van der Waals surface area (Å²) < 4.78 is 0. The summed E-state index contributed by atoms with van der Waals surface area (Å²) in [5.74, 6) is -0.263. The van der Waals surface area contributed by atoms with Gasteiger partial charge in [0.1, 0.15) is 0 Å². The Hall–Kier alpha value is -1.26. The number of amides is 2. The number of carboxylic acids is 1. The summed E-state index contributed by atoms with van der Waals surface area (Å²) in [5.41, 5.74) is -0.494. The highest BCUT2D eigenvalue weighted by molar-refractivity contribution is 5.77. The molecular formula is C14H24N2O3. The van der Waals surface area contributed by atoms with E-state index in [4.69, 9.17) is 5.11 Å². The lowest BCUT2D eigenvalue weighted by atomic mass is 9.78. The van der Waals surface area contributed by atoms with Crippen molar-refractivity contribution >= 4 is 12.0 Å². The highest BCUT2D eigenvalue weighted by Crippen LogP contribution is 2.36. The summed E-state index contributed by atoms with van der Waals surface area (Å²) in [6.45, 7) is 2.11. The second kappa shape index (κ2) is 5.39. The van der Waals surface area contributed by atoms with Crippen molar-refractivity contribution in [3.05, 3.63) is 0 Å². The van der Waals surface area contributed by atoms with Crippen LogP contribution in [0.5, 0.6) is 0 Å². The van der Waals surface area contributed by atoms with Crippen LogP contribution in [0.1, 0.15) is 51.9 Å². The number of aliphatic carboxylic acids is 1. The second-order valence-corrected chi connectivity index (χ2v) is 6.18. The van der Waals surface area contributed by atoms with Crippen molar-refractivity contribution in [2.24, 2.45) is 5.92 Å². The van der Waals surface area contributed by atoms with Gasteiger partial charge >= 0.3 is 12.0 Å². The van der Waals surface area contributed by atoms with Gasteiger partial charge in [-0.05, 0) is 25.2 Å². The first-order valence-electron chi connectivity index (χ1n) is 7.21. The van der Waals surface area contributed by atoms with E-state index in [0.717, 1.165) is 38.5 Å². The first-order chi connectivity index (χ1) is 8.94. The topological polar surface area (TPSA) is 69.6 Å². The lowest BCUT2D eigenvalue weighted by Gasteiger charge is -2.43. The zero-order valence-corrected chi connectivity index (χ0v) is 11.8. The molecule has 5 nitrogen and oxygen atoms in total. The standard InChI is InChI=1S/C14H24N2O3/c1-10-8-11(10)15-13(19)16(2)14(9-12(17)18)6-4-3-5-7-14/h10-11H,3-9H2,1-2H3,(H,15,19)(H,17,18). The molecule has 19 heavy (non-hydrogen) atoms. The largest absolute Gasteiger partial charge is 0.481 e. The molecule has 0 aliphatic heterocycles. The minimum absolute atomic E-state index is 0.0527. The molecule has 2 aliphatic carbocycles. The average molecular weight is 268 g/mol. The Morgan fingerprint density at radius 3 is 2.37 bits per heavy atom. The van der Waals surface area contributed by atoms with Gasteiger partial charge in [-0.2, -0.15) is 0 Å². The van der Waals surface area contributed by atoms with Crippen molar-refractivity contribution in [2.45, 2.75) is 63.5 Å². The summed E-state index contributed by atoms with van der Waals surface area (Å²) in [6.07, 6.45) is 5.82. The fraction of sp³-hybridized carbons (Fsp3) is 0.857. The van der Waals surface area contributed by atoms with E-state index in [1.807, 2.05) is 0 Å². The SMILES string of the molecule is CC1CC1NC(=O)N(C)C1(CC(=O)O)CCCCC1. The molecule has 0 aromatic carbocycles. The number of carbonyl (C=O) groups excluding carboxylic acids is 1. The van der Waals surface area contributed by atoms with Crippen LogP contribution in [0.4, 0.5) is 4.79 Å². The summed E-state index contributed by atoms with van der Waals surface area (Å²) in [5, 5.41) is 12.1. The van der Waals surface area contributed by atoms with Gasteiger partial charge in [-0.15, -0.1) is 0 Å². The lowest BCUT2D eigenvalue weighted by molar-refractivity contribution is -0.140. The Labute approximate surface area is 114 Å². The number of rotatable bonds is 4. The predicted molar refractivity (Wildman–Crippen MR) is 71.9 cm³/mol. The molecule has 2 atom stereocenters. The van der Waals surface area contributed by atoms with Gasteiger partial charge in [0, 0.05) is 13.1 Å². The summed E-state index contributed by atoms with van der Waals surface area (Å²) in [7, 11) is 1.75. The number of nitrogens with one attached hydrogen (secondary N) is 1. The summed E-state index contributed by atoms with van der Waals surface area (Å²) in [6, 6.07) is 0.165. The van der Waals surface area contributed by atoms with Crippen LogP contribution >= 0.6 is 0 Å².